The van der Waals surface area contributed by atoms with Gasteiger partial charge in [-0.05, 0) is 43.7 Å². The Kier molecular flexibility index (Phi) is 4.50. The number of nitrogens with one attached hydrogen (secondary N) is 1. The van der Waals surface area contributed by atoms with Gasteiger partial charge in [0.1, 0.15) is 5.82 Å². The number of benzene rings is 2. The Labute approximate surface area is 157 Å². The summed E-state index contributed by atoms with van der Waals surface area (Å²) in [5, 5.41) is 2.98. The number of hydrogen-bond acceptors (Lipinski definition) is 3. The number of nitrogens with zero attached hydrogens (tertiary/aromatic N) is 2. The third kappa shape index (κ3) is 3.49. The van der Waals surface area contributed by atoms with Gasteiger partial charge in [-0.1, -0.05) is 42.0 Å². The summed E-state index contributed by atoms with van der Waals surface area (Å²) < 4.78 is 7.35. The van der Waals surface area contributed by atoms with Crippen LogP contribution in [-0.2, 0) is 6.54 Å². The fourth-order valence-electron chi connectivity index (χ4n) is 3.32. The molecule has 5 nitrogen and oxygen atoms in total. The van der Waals surface area contributed by atoms with Gasteiger partial charge in [0.25, 0.3) is 5.91 Å². The van der Waals surface area contributed by atoms with Gasteiger partial charge in [-0.25, -0.2) is 4.98 Å². The molecule has 0 aliphatic heterocycles. The van der Waals surface area contributed by atoms with E-state index in [1.54, 1.807) is 12.1 Å². The summed E-state index contributed by atoms with van der Waals surface area (Å²) in [7, 11) is 0. The highest BCUT2D eigenvalue weighted by Gasteiger charge is 2.20. The molecular weight excluding hydrogens is 338 g/mol. The fourth-order valence-corrected chi connectivity index (χ4v) is 3.32. The van der Waals surface area contributed by atoms with Crippen molar-refractivity contribution in [2.45, 2.75) is 26.4 Å². The van der Waals surface area contributed by atoms with Crippen LogP contribution in [0, 0.1) is 6.92 Å². The van der Waals surface area contributed by atoms with Gasteiger partial charge in [0.15, 0.2) is 5.76 Å². The van der Waals surface area contributed by atoms with Gasteiger partial charge in [-0.15, -0.1) is 0 Å². The van der Waals surface area contributed by atoms with Crippen LogP contribution in [0.5, 0.6) is 0 Å². The van der Waals surface area contributed by atoms with Crippen molar-refractivity contribution in [3.63, 3.8) is 0 Å². The van der Waals surface area contributed by atoms with Crippen molar-refractivity contribution in [1.82, 2.24) is 14.9 Å². The first-order chi connectivity index (χ1) is 13.1. The Morgan fingerprint density at radius 2 is 2.00 bits per heavy atom. The molecule has 0 aliphatic carbocycles. The second-order valence-corrected chi connectivity index (χ2v) is 6.71. The van der Waals surface area contributed by atoms with Gasteiger partial charge in [-0.3, -0.25) is 4.79 Å². The highest BCUT2D eigenvalue weighted by Crippen LogP contribution is 2.23. The maximum Gasteiger partial charge on any atom is 0.287 e. The molecule has 4 aromatic rings. The molecule has 0 radical (unpaired) electrons. The van der Waals surface area contributed by atoms with Gasteiger partial charge in [0.2, 0.25) is 0 Å². The van der Waals surface area contributed by atoms with Crippen molar-refractivity contribution >= 4 is 16.9 Å². The van der Waals surface area contributed by atoms with Crippen LogP contribution in [0.15, 0.2) is 71.3 Å². The second-order valence-electron chi connectivity index (χ2n) is 6.71. The van der Waals surface area contributed by atoms with Crippen LogP contribution in [0.1, 0.15) is 40.5 Å². The second kappa shape index (κ2) is 7.11. The number of aromatic nitrogens is 2. The van der Waals surface area contributed by atoms with Crippen molar-refractivity contribution in [2.75, 3.05) is 0 Å². The van der Waals surface area contributed by atoms with E-state index in [0.29, 0.717) is 12.3 Å². The van der Waals surface area contributed by atoms with E-state index >= 15 is 0 Å². The number of carbonyl (C=O) groups excluding carboxylic acids is 1. The lowest BCUT2D eigenvalue weighted by molar-refractivity contribution is 0.0909. The quantitative estimate of drug-likeness (QED) is 0.572. The Balaban J connectivity index is 1.70. The summed E-state index contributed by atoms with van der Waals surface area (Å²) in [6.07, 6.45) is 1.49. The first-order valence-electron chi connectivity index (χ1n) is 8.97. The molecule has 0 aliphatic rings. The van der Waals surface area contributed by atoms with Crippen molar-refractivity contribution < 1.29 is 9.21 Å². The number of fused-ring (bicyclic) bond motifs is 1. The molecule has 1 N–H and O–H groups in total. The number of aryl methyl sites for hydroxylation is 1. The smallest absolute Gasteiger partial charge is 0.287 e. The molecule has 0 unspecified atom stereocenters. The van der Waals surface area contributed by atoms with Crippen LogP contribution in [-0.4, -0.2) is 15.5 Å². The molecule has 2 heterocycles. The van der Waals surface area contributed by atoms with E-state index in [9.17, 15) is 4.79 Å². The normalized spacial score (nSPS) is 12.2. The zero-order chi connectivity index (χ0) is 18.8. The van der Waals surface area contributed by atoms with Crippen molar-refractivity contribution in [2.24, 2.45) is 0 Å². The molecule has 0 saturated carbocycles. The average Bonchev–Trinajstić information content (AvgIpc) is 3.30. The van der Waals surface area contributed by atoms with Crippen LogP contribution in [0.25, 0.3) is 11.0 Å². The van der Waals surface area contributed by atoms with Gasteiger partial charge in [-0.2, -0.15) is 0 Å². The maximum absolute atomic E-state index is 12.4. The number of hydrogen-bond donors (Lipinski definition) is 1. The van der Waals surface area contributed by atoms with Gasteiger partial charge >= 0.3 is 0 Å². The molecule has 1 amide bonds. The average molecular weight is 359 g/mol. The van der Waals surface area contributed by atoms with Crippen molar-refractivity contribution in [3.8, 4) is 0 Å². The Morgan fingerprint density at radius 1 is 1.15 bits per heavy atom. The molecule has 136 valence electrons. The molecule has 27 heavy (non-hydrogen) atoms. The molecule has 5 heteroatoms. The largest absolute Gasteiger partial charge is 0.459 e. The van der Waals surface area contributed by atoms with E-state index in [0.717, 1.165) is 16.9 Å². The summed E-state index contributed by atoms with van der Waals surface area (Å²) in [5.74, 6) is 0.863. The third-order valence-corrected chi connectivity index (χ3v) is 4.59. The standard InChI is InChI=1S/C22H21N3O2/c1-15-7-5-8-17(13-15)14-25-19-10-4-3-9-18(19)24-21(25)16(2)23-22(26)20-11-6-12-27-20/h3-13,16H,14H2,1-2H3,(H,23,26)/t16-/m0/s1. The molecule has 0 fully saturated rings. The van der Waals surface area contributed by atoms with E-state index < -0.39 is 0 Å². The predicted molar refractivity (Wildman–Crippen MR) is 105 cm³/mol. The monoisotopic (exact) mass is 359 g/mol. The lowest BCUT2D eigenvalue weighted by Crippen LogP contribution is -2.28. The Hall–Kier alpha value is -3.34. The molecule has 0 bridgehead atoms. The molecule has 2 aromatic heterocycles. The summed E-state index contributed by atoms with van der Waals surface area (Å²) in [6.45, 7) is 4.72. The molecule has 1 atom stereocenters. The van der Waals surface area contributed by atoms with E-state index in [1.807, 2.05) is 25.1 Å². The number of rotatable bonds is 5. The SMILES string of the molecule is Cc1cccc(Cn2c([C@H](C)NC(=O)c3ccco3)nc3ccccc32)c1. The zero-order valence-corrected chi connectivity index (χ0v) is 15.3. The van der Waals surface area contributed by atoms with Crippen LogP contribution in [0.2, 0.25) is 0 Å². The highest BCUT2D eigenvalue weighted by atomic mass is 16.3. The Bertz CT molecular complexity index is 1080. The Morgan fingerprint density at radius 3 is 2.78 bits per heavy atom. The van der Waals surface area contributed by atoms with E-state index in [2.05, 4.69) is 47.1 Å². The van der Waals surface area contributed by atoms with Crippen LogP contribution in [0.3, 0.4) is 0 Å². The molecule has 0 spiro atoms. The minimum absolute atomic E-state index is 0.248. The minimum Gasteiger partial charge on any atom is -0.459 e. The van der Waals surface area contributed by atoms with Gasteiger partial charge < -0.3 is 14.3 Å². The summed E-state index contributed by atoms with van der Waals surface area (Å²) in [5.41, 5.74) is 4.38. The van der Waals surface area contributed by atoms with Gasteiger partial charge in [0.05, 0.1) is 23.3 Å². The van der Waals surface area contributed by atoms with Crippen molar-refractivity contribution in [3.05, 3.63) is 89.6 Å². The van der Waals surface area contributed by atoms with Crippen LogP contribution in [0.4, 0.5) is 0 Å². The predicted octanol–water partition coefficient (Wildman–Crippen LogP) is 4.48. The van der Waals surface area contributed by atoms with E-state index in [-0.39, 0.29) is 11.9 Å². The number of furan rings is 1. The zero-order valence-electron chi connectivity index (χ0n) is 15.3. The van der Waals surface area contributed by atoms with Crippen LogP contribution >= 0.6 is 0 Å². The minimum atomic E-state index is -0.264. The van der Waals surface area contributed by atoms with Crippen LogP contribution < -0.4 is 5.32 Å². The summed E-state index contributed by atoms with van der Waals surface area (Å²) >= 11 is 0. The molecule has 4 rings (SSSR count). The third-order valence-electron chi connectivity index (χ3n) is 4.59. The molecule has 0 saturated heterocycles. The number of imidazole rings is 1. The summed E-state index contributed by atoms with van der Waals surface area (Å²) in [6, 6.07) is 19.5. The maximum atomic E-state index is 12.4. The first-order valence-corrected chi connectivity index (χ1v) is 8.97. The lowest BCUT2D eigenvalue weighted by Gasteiger charge is -2.16. The number of para-hydroxylation sites is 2. The first kappa shape index (κ1) is 17.1. The van der Waals surface area contributed by atoms with E-state index in [1.165, 1.54) is 17.4 Å². The number of amides is 1. The lowest BCUT2D eigenvalue weighted by atomic mass is 10.1. The van der Waals surface area contributed by atoms with E-state index in [4.69, 9.17) is 9.40 Å². The summed E-state index contributed by atoms with van der Waals surface area (Å²) in [4.78, 5) is 17.2. The molecular formula is C22H21N3O2. The highest BCUT2D eigenvalue weighted by molar-refractivity contribution is 5.91. The molecule has 2 aromatic carbocycles. The number of carbonyl (C=O) groups is 1. The van der Waals surface area contributed by atoms with Crippen molar-refractivity contribution in [1.29, 1.82) is 0 Å². The topological polar surface area (TPSA) is 60.1 Å². The van der Waals surface area contributed by atoms with Gasteiger partial charge in [0, 0.05) is 6.54 Å². The fraction of sp³-hybridized carbons (Fsp3) is 0.182.